The molecule has 0 fully saturated rings. The molecule has 0 atom stereocenters. The molecule has 1 aromatic carbocycles. The largest absolute Gasteiger partial charge is 0.478 e. The maximum Gasteiger partial charge on any atom is 0.335 e. The van der Waals surface area contributed by atoms with Gasteiger partial charge in [-0.3, -0.25) is 0 Å². The fourth-order valence-corrected chi connectivity index (χ4v) is 1.60. The number of nitrogens with zero attached hydrogens (tertiary/aromatic N) is 1. The monoisotopic (exact) mass is 189 g/mol. The van der Waals surface area contributed by atoms with E-state index in [9.17, 15) is 4.79 Å². The number of benzene rings is 1. The smallest absolute Gasteiger partial charge is 0.335 e. The highest BCUT2D eigenvalue weighted by atomic mass is 16.4. The van der Waals surface area contributed by atoms with Crippen molar-refractivity contribution in [1.82, 2.24) is 0 Å². The van der Waals surface area contributed by atoms with Crippen LogP contribution in [0, 0.1) is 0 Å². The highest BCUT2D eigenvalue weighted by Crippen LogP contribution is 2.25. The average molecular weight is 189 g/mol. The van der Waals surface area contributed by atoms with Crippen molar-refractivity contribution in [3.05, 3.63) is 35.4 Å². The number of hydrogen-bond donors (Lipinski definition) is 1. The quantitative estimate of drug-likeness (QED) is 0.732. The van der Waals surface area contributed by atoms with Gasteiger partial charge in [-0.25, -0.2) is 4.79 Å². The van der Waals surface area contributed by atoms with Gasteiger partial charge < -0.3 is 10.0 Å². The Labute approximate surface area is 82.3 Å². The molecule has 1 heterocycles. The first kappa shape index (κ1) is 8.81. The van der Waals surface area contributed by atoms with Gasteiger partial charge in [-0.15, -0.1) is 0 Å². The minimum Gasteiger partial charge on any atom is -0.478 e. The standard InChI is InChI=1S/C11H11NO2/c1-12-6-2-3-8-7-9(11(13)14)4-5-10(8)12/h2-5,7H,6H2,1H3,(H,13,14). The third-order valence-corrected chi connectivity index (χ3v) is 2.36. The van der Waals surface area contributed by atoms with Gasteiger partial charge in [0.25, 0.3) is 0 Å². The van der Waals surface area contributed by atoms with E-state index in [4.69, 9.17) is 5.11 Å². The molecule has 0 radical (unpaired) electrons. The zero-order valence-corrected chi connectivity index (χ0v) is 7.90. The summed E-state index contributed by atoms with van der Waals surface area (Å²) in [5.74, 6) is -0.880. The van der Waals surface area contributed by atoms with Gasteiger partial charge in [0.2, 0.25) is 0 Å². The van der Waals surface area contributed by atoms with Crippen LogP contribution in [-0.2, 0) is 0 Å². The Bertz CT molecular complexity index is 410. The summed E-state index contributed by atoms with van der Waals surface area (Å²) in [6.45, 7) is 0.874. The average Bonchev–Trinajstić information content (AvgIpc) is 2.17. The molecule has 0 amide bonds. The van der Waals surface area contributed by atoms with E-state index < -0.39 is 5.97 Å². The van der Waals surface area contributed by atoms with Gasteiger partial charge >= 0.3 is 5.97 Å². The molecule has 0 saturated carbocycles. The molecule has 1 N–H and O–H groups in total. The van der Waals surface area contributed by atoms with Crippen LogP contribution in [0.1, 0.15) is 15.9 Å². The first-order valence-corrected chi connectivity index (χ1v) is 4.43. The lowest BCUT2D eigenvalue weighted by molar-refractivity contribution is 0.0697. The Morgan fingerprint density at radius 1 is 1.50 bits per heavy atom. The second-order valence-corrected chi connectivity index (χ2v) is 3.36. The van der Waals surface area contributed by atoms with E-state index >= 15 is 0 Å². The normalized spacial score (nSPS) is 13.9. The Balaban J connectivity index is 2.50. The second-order valence-electron chi connectivity index (χ2n) is 3.36. The molecule has 0 spiro atoms. The summed E-state index contributed by atoms with van der Waals surface area (Å²) in [6, 6.07) is 5.18. The van der Waals surface area contributed by atoms with Gasteiger partial charge in [0.05, 0.1) is 5.56 Å². The van der Waals surface area contributed by atoms with E-state index in [0.717, 1.165) is 17.8 Å². The van der Waals surface area contributed by atoms with Crippen LogP contribution in [0.5, 0.6) is 0 Å². The summed E-state index contributed by atoms with van der Waals surface area (Å²) < 4.78 is 0. The molecule has 2 rings (SSSR count). The lowest BCUT2D eigenvalue weighted by Crippen LogP contribution is -2.20. The van der Waals surface area contributed by atoms with Crippen molar-refractivity contribution < 1.29 is 9.90 Å². The lowest BCUT2D eigenvalue weighted by Gasteiger charge is -2.23. The van der Waals surface area contributed by atoms with Crippen LogP contribution in [0.15, 0.2) is 24.3 Å². The second kappa shape index (κ2) is 3.18. The van der Waals surface area contributed by atoms with Crippen molar-refractivity contribution >= 4 is 17.7 Å². The number of rotatable bonds is 1. The van der Waals surface area contributed by atoms with Crippen molar-refractivity contribution in [3.8, 4) is 0 Å². The minimum absolute atomic E-state index is 0.337. The fraction of sp³-hybridized carbons (Fsp3) is 0.182. The molecular weight excluding hydrogens is 178 g/mol. The molecule has 1 aromatic rings. The number of anilines is 1. The van der Waals surface area contributed by atoms with Crippen molar-refractivity contribution in [1.29, 1.82) is 0 Å². The van der Waals surface area contributed by atoms with Crippen molar-refractivity contribution in [2.24, 2.45) is 0 Å². The Morgan fingerprint density at radius 2 is 2.29 bits per heavy atom. The number of carboxylic acid groups (broad SMARTS) is 1. The topological polar surface area (TPSA) is 40.5 Å². The van der Waals surface area contributed by atoms with E-state index in [0.29, 0.717) is 5.56 Å². The highest BCUT2D eigenvalue weighted by Gasteiger charge is 2.11. The summed E-state index contributed by atoms with van der Waals surface area (Å²) in [6.07, 6.45) is 3.98. The van der Waals surface area contributed by atoms with E-state index in [1.54, 1.807) is 12.1 Å². The fourth-order valence-electron chi connectivity index (χ4n) is 1.60. The Morgan fingerprint density at radius 3 is 3.00 bits per heavy atom. The third kappa shape index (κ3) is 1.37. The molecule has 14 heavy (non-hydrogen) atoms. The Kier molecular flexibility index (Phi) is 2.00. The summed E-state index contributed by atoms with van der Waals surface area (Å²) in [5.41, 5.74) is 2.39. The predicted octanol–water partition coefficient (Wildman–Crippen LogP) is 1.85. The Hall–Kier alpha value is -1.77. The van der Waals surface area contributed by atoms with Crippen LogP contribution in [-0.4, -0.2) is 24.7 Å². The summed E-state index contributed by atoms with van der Waals surface area (Å²) >= 11 is 0. The van der Waals surface area contributed by atoms with Gasteiger partial charge in [-0.2, -0.15) is 0 Å². The van der Waals surface area contributed by atoms with Crippen molar-refractivity contribution in [2.75, 3.05) is 18.5 Å². The van der Waals surface area contributed by atoms with Crippen LogP contribution in [0.4, 0.5) is 5.69 Å². The van der Waals surface area contributed by atoms with Gasteiger partial charge in [-0.1, -0.05) is 12.2 Å². The van der Waals surface area contributed by atoms with Gasteiger partial charge in [-0.05, 0) is 23.8 Å². The predicted molar refractivity (Wildman–Crippen MR) is 55.7 cm³/mol. The van der Waals surface area contributed by atoms with Crippen LogP contribution in [0.3, 0.4) is 0 Å². The SMILES string of the molecule is CN1CC=Cc2cc(C(=O)O)ccc21. The highest BCUT2D eigenvalue weighted by molar-refractivity contribution is 5.90. The number of carbonyl (C=O) groups is 1. The van der Waals surface area contributed by atoms with Crippen LogP contribution < -0.4 is 4.90 Å². The maximum atomic E-state index is 10.7. The summed E-state index contributed by atoms with van der Waals surface area (Å²) in [7, 11) is 1.99. The molecule has 1 aliphatic heterocycles. The molecule has 0 aliphatic carbocycles. The third-order valence-electron chi connectivity index (χ3n) is 2.36. The first-order chi connectivity index (χ1) is 6.68. The van der Waals surface area contributed by atoms with Crippen molar-refractivity contribution in [2.45, 2.75) is 0 Å². The molecule has 3 nitrogen and oxygen atoms in total. The van der Waals surface area contributed by atoms with E-state index in [2.05, 4.69) is 4.90 Å². The van der Waals surface area contributed by atoms with E-state index in [1.807, 2.05) is 25.3 Å². The summed E-state index contributed by atoms with van der Waals surface area (Å²) in [4.78, 5) is 12.8. The maximum absolute atomic E-state index is 10.7. The number of likely N-dealkylation sites (N-methyl/N-ethyl adjacent to an activating group) is 1. The molecule has 0 aromatic heterocycles. The molecule has 0 bridgehead atoms. The van der Waals surface area contributed by atoms with Crippen LogP contribution in [0.25, 0.3) is 6.08 Å². The van der Waals surface area contributed by atoms with Gasteiger partial charge in [0, 0.05) is 19.3 Å². The zero-order valence-electron chi connectivity index (χ0n) is 7.90. The van der Waals surface area contributed by atoms with Gasteiger partial charge in [0.15, 0.2) is 0 Å². The van der Waals surface area contributed by atoms with Crippen LogP contribution >= 0.6 is 0 Å². The zero-order chi connectivity index (χ0) is 10.1. The number of fused-ring (bicyclic) bond motifs is 1. The molecule has 1 aliphatic rings. The lowest BCUT2D eigenvalue weighted by atomic mass is 10.0. The first-order valence-electron chi connectivity index (χ1n) is 4.43. The number of carboxylic acids is 1. The van der Waals surface area contributed by atoms with E-state index in [-0.39, 0.29) is 0 Å². The number of hydrogen-bond acceptors (Lipinski definition) is 2. The minimum atomic E-state index is -0.880. The molecule has 3 heteroatoms. The van der Waals surface area contributed by atoms with Gasteiger partial charge in [0.1, 0.15) is 0 Å². The number of aromatic carboxylic acids is 1. The van der Waals surface area contributed by atoms with Crippen molar-refractivity contribution in [3.63, 3.8) is 0 Å². The summed E-state index contributed by atoms with van der Waals surface area (Å²) in [5, 5.41) is 8.81. The molecular formula is C11H11NO2. The molecule has 72 valence electrons. The molecule has 0 saturated heterocycles. The van der Waals surface area contributed by atoms with Crippen LogP contribution in [0.2, 0.25) is 0 Å². The van der Waals surface area contributed by atoms with E-state index in [1.165, 1.54) is 0 Å². The molecule has 0 unspecified atom stereocenters.